The maximum atomic E-state index is 4.14. The van der Waals surface area contributed by atoms with Gasteiger partial charge in [0.1, 0.15) is 0 Å². The van der Waals surface area contributed by atoms with Gasteiger partial charge in [0, 0.05) is 13.2 Å². The first kappa shape index (κ1) is 11.0. The Hall–Kier alpha value is -1.09. The van der Waals surface area contributed by atoms with Gasteiger partial charge >= 0.3 is 0 Å². The predicted molar refractivity (Wildman–Crippen MR) is 59.2 cm³/mol. The standard InChI is InChI=1S/C11H19N3/c1-10(5-4-6-12-2)7-11-8-13-14(3)9-11/h5,8-9,12H,4,6-7H2,1-3H3. The molecule has 3 heteroatoms. The first-order chi connectivity index (χ1) is 6.72. The third-order valence-corrected chi connectivity index (χ3v) is 2.13. The molecule has 1 heterocycles. The maximum absolute atomic E-state index is 4.14. The number of aromatic nitrogens is 2. The van der Waals surface area contributed by atoms with Crippen LogP contribution in [0.3, 0.4) is 0 Å². The molecule has 0 unspecified atom stereocenters. The molecule has 0 bridgehead atoms. The number of aryl methyl sites for hydroxylation is 1. The molecule has 0 amide bonds. The second kappa shape index (κ2) is 5.60. The highest BCUT2D eigenvalue weighted by molar-refractivity contribution is 5.14. The van der Waals surface area contributed by atoms with Gasteiger partial charge in [0.15, 0.2) is 0 Å². The Bertz CT molecular complexity index is 299. The van der Waals surface area contributed by atoms with Crippen molar-refractivity contribution < 1.29 is 0 Å². The van der Waals surface area contributed by atoms with Crippen LogP contribution in [0.15, 0.2) is 24.0 Å². The quantitative estimate of drug-likeness (QED) is 0.567. The molecule has 78 valence electrons. The minimum Gasteiger partial charge on any atom is -0.319 e. The molecule has 0 radical (unpaired) electrons. The van der Waals surface area contributed by atoms with E-state index in [0.29, 0.717) is 0 Å². The zero-order valence-electron chi connectivity index (χ0n) is 9.25. The van der Waals surface area contributed by atoms with Gasteiger partial charge in [0.2, 0.25) is 0 Å². The topological polar surface area (TPSA) is 29.9 Å². The molecule has 0 saturated carbocycles. The summed E-state index contributed by atoms with van der Waals surface area (Å²) >= 11 is 0. The highest BCUT2D eigenvalue weighted by atomic mass is 15.2. The lowest BCUT2D eigenvalue weighted by atomic mass is 10.1. The van der Waals surface area contributed by atoms with Gasteiger partial charge in [-0.3, -0.25) is 4.68 Å². The highest BCUT2D eigenvalue weighted by Gasteiger charge is 1.96. The lowest BCUT2D eigenvalue weighted by Crippen LogP contribution is -2.06. The first-order valence-electron chi connectivity index (χ1n) is 5.00. The molecular formula is C11H19N3. The largest absolute Gasteiger partial charge is 0.319 e. The second-order valence-electron chi connectivity index (χ2n) is 3.64. The molecule has 1 N–H and O–H groups in total. The summed E-state index contributed by atoms with van der Waals surface area (Å²) in [7, 11) is 3.92. The van der Waals surface area contributed by atoms with E-state index in [2.05, 4.69) is 29.6 Å². The summed E-state index contributed by atoms with van der Waals surface area (Å²) in [6, 6.07) is 0. The molecule has 3 nitrogen and oxygen atoms in total. The summed E-state index contributed by atoms with van der Waals surface area (Å²) in [5.41, 5.74) is 2.69. The number of nitrogens with zero attached hydrogens (tertiary/aromatic N) is 2. The lowest BCUT2D eigenvalue weighted by molar-refractivity contribution is 0.767. The van der Waals surface area contributed by atoms with E-state index in [9.17, 15) is 0 Å². The van der Waals surface area contributed by atoms with Crippen LogP contribution in [-0.4, -0.2) is 23.4 Å². The normalized spacial score (nSPS) is 12.1. The van der Waals surface area contributed by atoms with E-state index >= 15 is 0 Å². The van der Waals surface area contributed by atoms with E-state index in [-0.39, 0.29) is 0 Å². The Morgan fingerprint density at radius 1 is 1.64 bits per heavy atom. The molecule has 0 aliphatic rings. The van der Waals surface area contributed by atoms with Crippen molar-refractivity contribution in [1.82, 2.24) is 15.1 Å². The van der Waals surface area contributed by atoms with E-state index in [1.807, 2.05) is 25.0 Å². The van der Waals surface area contributed by atoms with E-state index < -0.39 is 0 Å². The molecule has 0 atom stereocenters. The van der Waals surface area contributed by atoms with E-state index in [1.165, 1.54) is 11.1 Å². The van der Waals surface area contributed by atoms with Gasteiger partial charge in [-0.1, -0.05) is 11.6 Å². The summed E-state index contributed by atoms with van der Waals surface area (Å²) in [6.07, 6.45) is 8.38. The highest BCUT2D eigenvalue weighted by Crippen LogP contribution is 2.06. The molecule has 0 aromatic carbocycles. The zero-order valence-corrected chi connectivity index (χ0v) is 9.25. The van der Waals surface area contributed by atoms with Crippen LogP contribution in [0.1, 0.15) is 18.9 Å². The van der Waals surface area contributed by atoms with Crippen LogP contribution in [0, 0.1) is 0 Å². The van der Waals surface area contributed by atoms with Gasteiger partial charge in [-0.05, 0) is 38.9 Å². The zero-order chi connectivity index (χ0) is 10.4. The van der Waals surface area contributed by atoms with Gasteiger partial charge in [0.05, 0.1) is 6.20 Å². The van der Waals surface area contributed by atoms with Crippen molar-refractivity contribution in [1.29, 1.82) is 0 Å². The van der Waals surface area contributed by atoms with Crippen molar-refractivity contribution >= 4 is 0 Å². The van der Waals surface area contributed by atoms with Crippen molar-refractivity contribution in [2.75, 3.05) is 13.6 Å². The predicted octanol–water partition coefficient (Wildman–Crippen LogP) is 1.52. The fourth-order valence-electron chi connectivity index (χ4n) is 1.42. The van der Waals surface area contributed by atoms with Gasteiger partial charge in [-0.2, -0.15) is 5.10 Å². The molecule has 0 saturated heterocycles. The summed E-state index contributed by atoms with van der Waals surface area (Å²) < 4.78 is 1.84. The monoisotopic (exact) mass is 193 g/mol. The third kappa shape index (κ3) is 3.75. The van der Waals surface area contributed by atoms with Crippen LogP contribution in [0.2, 0.25) is 0 Å². The SMILES string of the molecule is CNCCC=C(C)Cc1cnn(C)c1. The molecule has 14 heavy (non-hydrogen) atoms. The third-order valence-electron chi connectivity index (χ3n) is 2.13. The second-order valence-corrected chi connectivity index (χ2v) is 3.64. The van der Waals surface area contributed by atoms with Crippen molar-refractivity contribution in [3.63, 3.8) is 0 Å². The Morgan fingerprint density at radius 3 is 3.00 bits per heavy atom. The number of rotatable bonds is 5. The molecule has 1 aromatic rings. The smallest absolute Gasteiger partial charge is 0.0524 e. The van der Waals surface area contributed by atoms with Crippen LogP contribution in [0.4, 0.5) is 0 Å². The number of nitrogens with one attached hydrogen (secondary N) is 1. The fourth-order valence-corrected chi connectivity index (χ4v) is 1.42. The van der Waals surface area contributed by atoms with E-state index in [1.54, 1.807) is 0 Å². The summed E-state index contributed by atoms with van der Waals surface area (Å²) in [6.45, 7) is 3.22. The Balaban J connectivity index is 2.40. The van der Waals surface area contributed by atoms with Crippen LogP contribution in [0.5, 0.6) is 0 Å². The van der Waals surface area contributed by atoms with Gasteiger partial charge in [-0.25, -0.2) is 0 Å². The van der Waals surface area contributed by atoms with Crippen LogP contribution in [0.25, 0.3) is 0 Å². The molecular weight excluding hydrogens is 174 g/mol. The number of hydrogen-bond acceptors (Lipinski definition) is 2. The van der Waals surface area contributed by atoms with E-state index in [0.717, 1.165) is 19.4 Å². The minimum atomic E-state index is 1.01. The Kier molecular flexibility index (Phi) is 4.40. The molecule has 0 aliphatic carbocycles. The Morgan fingerprint density at radius 2 is 2.43 bits per heavy atom. The summed E-state index contributed by atoms with van der Waals surface area (Å²) in [5, 5.41) is 7.27. The Labute approximate surface area is 85.8 Å². The van der Waals surface area contributed by atoms with Crippen LogP contribution < -0.4 is 5.32 Å². The summed E-state index contributed by atoms with van der Waals surface area (Å²) in [5.74, 6) is 0. The van der Waals surface area contributed by atoms with Crippen molar-refractivity contribution in [2.45, 2.75) is 19.8 Å². The molecule has 1 aromatic heterocycles. The fraction of sp³-hybridized carbons (Fsp3) is 0.545. The average Bonchev–Trinajstić information content (AvgIpc) is 2.52. The minimum absolute atomic E-state index is 1.01. The lowest BCUT2D eigenvalue weighted by Gasteiger charge is -1.98. The van der Waals surface area contributed by atoms with Gasteiger partial charge in [-0.15, -0.1) is 0 Å². The summed E-state index contributed by atoms with van der Waals surface area (Å²) in [4.78, 5) is 0. The average molecular weight is 193 g/mol. The van der Waals surface area contributed by atoms with Crippen LogP contribution >= 0.6 is 0 Å². The number of hydrogen-bond donors (Lipinski definition) is 1. The molecule has 1 rings (SSSR count). The van der Waals surface area contributed by atoms with E-state index in [4.69, 9.17) is 0 Å². The van der Waals surface area contributed by atoms with Crippen molar-refractivity contribution in [3.8, 4) is 0 Å². The molecule has 0 aliphatic heterocycles. The number of allylic oxidation sites excluding steroid dienone is 1. The van der Waals surface area contributed by atoms with Gasteiger partial charge in [0.25, 0.3) is 0 Å². The van der Waals surface area contributed by atoms with Crippen LogP contribution in [-0.2, 0) is 13.5 Å². The van der Waals surface area contributed by atoms with Gasteiger partial charge < -0.3 is 5.32 Å². The van der Waals surface area contributed by atoms with Crippen molar-refractivity contribution in [2.24, 2.45) is 7.05 Å². The van der Waals surface area contributed by atoms with Crippen molar-refractivity contribution in [3.05, 3.63) is 29.6 Å². The molecule has 0 fully saturated rings. The molecule has 0 spiro atoms. The first-order valence-corrected chi connectivity index (χ1v) is 5.00. The maximum Gasteiger partial charge on any atom is 0.0524 e.